The van der Waals surface area contributed by atoms with Crippen LogP contribution in [0.4, 0.5) is 0 Å². The van der Waals surface area contributed by atoms with E-state index in [1.54, 1.807) is 0 Å². The molecule has 2 unspecified atom stereocenters. The molecule has 2 aliphatic rings. The summed E-state index contributed by atoms with van der Waals surface area (Å²) >= 11 is 0. The van der Waals surface area contributed by atoms with Gasteiger partial charge in [-0.15, -0.1) is 0 Å². The standard InChI is InChI=1S/C12H23NO2/c1-9-10(2,3)7-13-12(15-9)6-11(4,5)14-8-12/h9,13H,6-8H2,1-5H3. The first kappa shape index (κ1) is 11.4. The van der Waals surface area contributed by atoms with Gasteiger partial charge in [0, 0.05) is 18.4 Å². The third kappa shape index (κ3) is 2.05. The van der Waals surface area contributed by atoms with Crippen LogP contribution >= 0.6 is 0 Å². The van der Waals surface area contributed by atoms with Crippen LogP contribution in [0.5, 0.6) is 0 Å². The summed E-state index contributed by atoms with van der Waals surface area (Å²) in [6.45, 7) is 12.5. The van der Waals surface area contributed by atoms with Crippen LogP contribution < -0.4 is 5.32 Å². The third-order valence-electron chi connectivity index (χ3n) is 3.78. The van der Waals surface area contributed by atoms with E-state index in [0.29, 0.717) is 6.61 Å². The van der Waals surface area contributed by atoms with Gasteiger partial charge in [0.15, 0.2) is 0 Å². The Balaban J connectivity index is 2.09. The van der Waals surface area contributed by atoms with Crippen LogP contribution in [0, 0.1) is 5.41 Å². The quantitative estimate of drug-likeness (QED) is 0.667. The average Bonchev–Trinajstić information content (AvgIpc) is 2.37. The molecule has 0 bridgehead atoms. The number of hydrogen-bond donors (Lipinski definition) is 1. The Morgan fingerprint density at radius 3 is 2.33 bits per heavy atom. The first-order chi connectivity index (χ1) is 6.75. The van der Waals surface area contributed by atoms with Crippen molar-refractivity contribution in [1.29, 1.82) is 0 Å². The zero-order valence-corrected chi connectivity index (χ0v) is 10.5. The van der Waals surface area contributed by atoms with Gasteiger partial charge in [-0.1, -0.05) is 13.8 Å². The lowest BCUT2D eigenvalue weighted by Crippen LogP contribution is -2.61. The molecule has 88 valence electrons. The highest BCUT2D eigenvalue weighted by Gasteiger charge is 2.51. The van der Waals surface area contributed by atoms with E-state index in [-0.39, 0.29) is 22.8 Å². The largest absolute Gasteiger partial charge is 0.371 e. The van der Waals surface area contributed by atoms with E-state index < -0.39 is 0 Å². The maximum atomic E-state index is 6.15. The van der Waals surface area contributed by atoms with E-state index in [1.807, 2.05) is 0 Å². The molecule has 0 amide bonds. The molecule has 2 aliphatic heterocycles. The lowest BCUT2D eigenvalue weighted by Gasteiger charge is -2.46. The zero-order valence-electron chi connectivity index (χ0n) is 10.5. The maximum Gasteiger partial charge on any atom is 0.145 e. The van der Waals surface area contributed by atoms with Gasteiger partial charge in [-0.3, -0.25) is 5.32 Å². The van der Waals surface area contributed by atoms with Gasteiger partial charge < -0.3 is 9.47 Å². The highest BCUT2D eigenvalue weighted by molar-refractivity contribution is 4.98. The fourth-order valence-electron chi connectivity index (χ4n) is 2.36. The minimum absolute atomic E-state index is 0.0613. The van der Waals surface area contributed by atoms with Crippen molar-refractivity contribution in [3.63, 3.8) is 0 Å². The predicted octanol–water partition coefficient (Wildman–Crippen LogP) is 1.92. The molecular formula is C12H23NO2. The number of nitrogens with one attached hydrogen (secondary N) is 1. The molecule has 2 fully saturated rings. The van der Waals surface area contributed by atoms with Crippen LogP contribution in [0.25, 0.3) is 0 Å². The Morgan fingerprint density at radius 2 is 1.87 bits per heavy atom. The Hall–Kier alpha value is -0.120. The minimum atomic E-state index is -0.238. The van der Waals surface area contributed by atoms with Gasteiger partial charge in [0.1, 0.15) is 5.72 Å². The van der Waals surface area contributed by atoms with E-state index in [4.69, 9.17) is 9.47 Å². The molecule has 0 aromatic carbocycles. The molecule has 3 heteroatoms. The SMILES string of the molecule is CC1OC2(COC(C)(C)C2)NCC1(C)C. The van der Waals surface area contributed by atoms with Crippen molar-refractivity contribution in [2.75, 3.05) is 13.2 Å². The van der Waals surface area contributed by atoms with Crippen LogP contribution in [0.1, 0.15) is 41.0 Å². The van der Waals surface area contributed by atoms with Crippen LogP contribution in [0.3, 0.4) is 0 Å². The van der Waals surface area contributed by atoms with E-state index in [2.05, 4.69) is 39.9 Å². The molecule has 0 aromatic heterocycles. The average molecular weight is 213 g/mol. The molecule has 3 nitrogen and oxygen atoms in total. The highest BCUT2D eigenvalue weighted by Crippen LogP contribution is 2.40. The number of ether oxygens (including phenoxy) is 2. The molecule has 0 radical (unpaired) electrons. The second-order valence-electron chi connectivity index (χ2n) is 6.32. The van der Waals surface area contributed by atoms with E-state index in [0.717, 1.165) is 13.0 Å². The number of hydrogen-bond acceptors (Lipinski definition) is 3. The molecule has 0 aliphatic carbocycles. The van der Waals surface area contributed by atoms with Crippen molar-refractivity contribution in [3.05, 3.63) is 0 Å². The summed E-state index contributed by atoms with van der Waals surface area (Å²) in [4.78, 5) is 0. The van der Waals surface area contributed by atoms with Crippen molar-refractivity contribution in [1.82, 2.24) is 5.32 Å². The molecule has 2 saturated heterocycles. The summed E-state index contributed by atoms with van der Waals surface area (Å²) in [5, 5.41) is 3.52. The molecule has 0 aromatic rings. The Bertz CT molecular complexity index is 262. The van der Waals surface area contributed by atoms with E-state index in [9.17, 15) is 0 Å². The Kier molecular flexibility index (Phi) is 2.42. The zero-order chi connectivity index (χ0) is 11.3. The Labute approximate surface area is 92.5 Å². The van der Waals surface area contributed by atoms with Crippen LogP contribution in [-0.2, 0) is 9.47 Å². The fraction of sp³-hybridized carbons (Fsp3) is 1.00. The van der Waals surface area contributed by atoms with Gasteiger partial charge in [0.2, 0.25) is 0 Å². The summed E-state index contributed by atoms with van der Waals surface area (Å²) in [5.74, 6) is 0. The number of rotatable bonds is 0. The van der Waals surface area contributed by atoms with Gasteiger partial charge >= 0.3 is 0 Å². The van der Waals surface area contributed by atoms with Gasteiger partial charge in [-0.25, -0.2) is 0 Å². The van der Waals surface area contributed by atoms with Gasteiger partial charge in [0.25, 0.3) is 0 Å². The lowest BCUT2D eigenvalue weighted by molar-refractivity contribution is -0.180. The maximum absolute atomic E-state index is 6.15. The van der Waals surface area contributed by atoms with Gasteiger partial charge in [0.05, 0.1) is 18.3 Å². The molecule has 1 N–H and O–H groups in total. The van der Waals surface area contributed by atoms with Crippen molar-refractivity contribution >= 4 is 0 Å². The van der Waals surface area contributed by atoms with Gasteiger partial charge in [-0.05, 0) is 20.8 Å². The topological polar surface area (TPSA) is 30.5 Å². The molecule has 0 saturated carbocycles. The molecule has 2 heterocycles. The first-order valence-electron chi connectivity index (χ1n) is 5.82. The second-order valence-corrected chi connectivity index (χ2v) is 6.32. The lowest BCUT2D eigenvalue weighted by atomic mass is 9.84. The summed E-state index contributed by atoms with van der Waals surface area (Å²) in [7, 11) is 0. The van der Waals surface area contributed by atoms with E-state index >= 15 is 0 Å². The van der Waals surface area contributed by atoms with E-state index in [1.165, 1.54) is 0 Å². The highest BCUT2D eigenvalue weighted by atomic mass is 16.6. The van der Waals surface area contributed by atoms with Crippen LogP contribution in [0.15, 0.2) is 0 Å². The van der Waals surface area contributed by atoms with Crippen molar-refractivity contribution < 1.29 is 9.47 Å². The fourth-order valence-corrected chi connectivity index (χ4v) is 2.36. The molecule has 2 atom stereocenters. The predicted molar refractivity (Wildman–Crippen MR) is 59.7 cm³/mol. The van der Waals surface area contributed by atoms with Crippen molar-refractivity contribution in [3.8, 4) is 0 Å². The van der Waals surface area contributed by atoms with Gasteiger partial charge in [-0.2, -0.15) is 0 Å². The molecule has 2 rings (SSSR count). The van der Waals surface area contributed by atoms with Crippen LogP contribution in [0.2, 0.25) is 0 Å². The Morgan fingerprint density at radius 1 is 1.20 bits per heavy atom. The summed E-state index contributed by atoms with van der Waals surface area (Å²) in [5.41, 5.74) is -0.0926. The molecular weight excluding hydrogens is 190 g/mol. The molecule has 15 heavy (non-hydrogen) atoms. The summed E-state index contributed by atoms with van der Waals surface area (Å²) in [6.07, 6.45) is 1.21. The summed E-state index contributed by atoms with van der Waals surface area (Å²) < 4.78 is 11.9. The third-order valence-corrected chi connectivity index (χ3v) is 3.78. The monoisotopic (exact) mass is 213 g/mol. The molecule has 1 spiro atoms. The van der Waals surface area contributed by atoms with Crippen LogP contribution in [-0.4, -0.2) is 30.6 Å². The second kappa shape index (κ2) is 3.19. The van der Waals surface area contributed by atoms with Crippen molar-refractivity contribution in [2.45, 2.75) is 58.5 Å². The smallest absolute Gasteiger partial charge is 0.145 e. The van der Waals surface area contributed by atoms with Crippen molar-refractivity contribution in [2.24, 2.45) is 5.41 Å². The first-order valence-corrected chi connectivity index (χ1v) is 5.82. The minimum Gasteiger partial charge on any atom is -0.371 e. The summed E-state index contributed by atoms with van der Waals surface area (Å²) in [6, 6.07) is 0. The normalized spacial score (nSPS) is 43.4.